The fourth-order valence-electron chi connectivity index (χ4n) is 8.17. The van der Waals surface area contributed by atoms with E-state index in [9.17, 15) is 14.7 Å². The fourth-order valence-corrected chi connectivity index (χ4v) is 12.2. The maximum atomic E-state index is 14.2. The molecule has 0 aliphatic carbocycles. The number of aliphatic hydroxyl groups is 1. The van der Waals surface area contributed by atoms with Crippen molar-refractivity contribution in [3.8, 4) is 5.75 Å². The van der Waals surface area contributed by atoms with Crippen molar-refractivity contribution < 1.29 is 24.2 Å². The van der Waals surface area contributed by atoms with E-state index < -0.39 is 13.7 Å². The van der Waals surface area contributed by atoms with Gasteiger partial charge in [-0.05, 0) is 60.0 Å². The highest BCUT2D eigenvalue weighted by Gasteiger charge is 2.64. The number of rotatable bonds is 11. The Labute approximate surface area is 298 Å². The van der Waals surface area contributed by atoms with Crippen LogP contribution in [-0.4, -0.2) is 59.8 Å². The van der Waals surface area contributed by atoms with Gasteiger partial charge in [-0.15, -0.1) is 5.10 Å². The molecule has 1 unspecified atom stereocenters. The van der Waals surface area contributed by atoms with Gasteiger partial charge in [0.05, 0.1) is 39.5 Å². The zero-order valence-electron chi connectivity index (χ0n) is 29.2. The Morgan fingerprint density at radius 3 is 2.43 bits per heavy atom. The lowest BCUT2D eigenvalue weighted by Gasteiger charge is -2.37. The molecule has 4 aromatic carbocycles. The summed E-state index contributed by atoms with van der Waals surface area (Å²) in [7, 11) is -0.684. The van der Waals surface area contributed by atoms with Gasteiger partial charge in [-0.1, -0.05) is 91.1 Å². The first-order chi connectivity index (χ1) is 24.6. The first-order valence-corrected chi connectivity index (χ1v) is 20.4. The van der Waals surface area contributed by atoms with Crippen molar-refractivity contribution in [3.63, 3.8) is 0 Å². The second-order valence-corrected chi connectivity index (χ2v) is 18.7. The minimum absolute atomic E-state index is 0.0302. The van der Waals surface area contributed by atoms with E-state index in [0.29, 0.717) is 35.6 Å². The Balaban J connectivity index is 1.22. The molecule has 1 saturated heterocycles. The van der Waals surface area contributed by atoms with Gasteiger partial charge in [-0.2, -0.15) is 0 Å². The van der Waals surface area contributed by atoms with E-state index in [2.05, 4.69) is 53.1 Å². The van der Waals surface area contributed by atoms with Crippen LogP contribution in [0.4, 0.5) is 11.4 Å². The molecule has 1 spiro atoms. The van der Waals surface area contributed by atoms with Crippen molar-refractivity contribution >= 4 is 36.4 Å². The van der Waals surface area contributed by atoms with E-state index in [1.807, 2.05) is 79.0 Å². The molecule has 2 aliphatic rings. The summed E-state index contributed by atoms with van der Waals surface area (Å²) in [5.41, 5.74) is 3.00. The summed E-state index contributed by atoms with van der Waals surface area (Å²) in [6.45, 7) is 7.25. The summed E-state index contributed by atoms with van der Waals surface area (Å²) in [6, 6.07) is 32.7. The maximum absolute atomic E-state index is 14.2. The highest BCUT2D eigenvalue weighted by Crippen LogP contribution is 2.59. The van der Waals surface area contributed by atoms with Crippen LogP contribution in [0.3, 0.4) is 0 Å². The molecular weight excluding hydrogens is 659 g/mol. The molecule has 0 bridgehead atoms. The molecule has 1 aromatic heterocycles. The fraction of sp³-hybridized carbons (Fsp3) is 0.300. The molecule has 11 heteroatoms. The molecule has 51 heavy (non-hydrogen) atoms. The lowest BCUT2D eigenvalue weighted by molar-refractivity contribution is -0.143. The predicted octanol–water partition coefficient (Wildman–Crippen LogP) is 5.92. The van der Waals surface area contributed by atoms with E-state index in [1.165, 1.54) is 5.19 Å². The second-order valence-electron chi connectivity index (χ2n) is 14.0. The summed E-state index contributed by atoms with van der Waals surface area (Å²) in [4.78, 5) is 27.3. The first kappa shape index (κ1) is 34.4. The molecule has 2 aliphatic heterocycles. The van der Waals surface area contributed by atoms with Crippen LogP contribution in [0.2, 0.25) is 18.6 Å². The number of ether oxygens (including phenoxy) is 2. The number of methoxy groups -OCH3 is 1. The van der Waals surface area contributed by atoms with Crippen molar-refractivity contribution in [1.29, 1.82) is 0 Å². The van der Waals surface area contributed by atoms with Gasteiger partial charge >= 0.3 is 0 Å². The van der Waals surface area contributed by atoms with Crippen LogP contribution in [0.25, 0.3) is 0 Å². The number of fused-ring (bicyclic) bond motifs is 2. The molecule has 0 radical (unpaired) electrons. The average molecular weight is 702 g/mol. The van der Waals surface area contributed by atoms with Crippen molar-refractivity contribution in [2.24, 2.45) is 5.92 Å². The number of nitrogens with zero attached hydrogens (tertiary/aromatic N) is 3. The van der Waals surface area contributed by atoms with Gasteiger partial charge in [0.2, 0.25) is 0 Å². The Kier molecular flexibility index (Phi) is 9.36. The monoisotopic (exact) mass is 701 g/mol. The van der Waals surface area contributed by atoms with Crippen molar-refractivity contribution in [2.45, 2.75) is 56.1 Å². The van der Waals surface area contributed by atoms with Crippen LogP contribution < -0.4 is 20.6 Å². The highest BCUT2D eigenvalue weighted by molar-refractivity contribution is 6.91. The summed E-state index contributed by atoms with van der Waals surface area (Å²) < 4.78 is 14.4. The summed E-state index contributed by atoms with van der Waals surface area (Å²) in [5.74, 6) is -0.111. The lowest BCUT2D eigenvalue weighted by Crippen LogP contribution is -2.51. The topological polar surface area (TPSA) is 128 Å². The van der Waals surface area contributed by atoms with Crippen molar-refractivity contribution in [3.05, 3.63) is 132 Å². The highest BCUT2D eigenvalue weighted by atomic mass is 28.3. The average Bonchev–Trinajstić information content (AvgIpc) is 3.82. The summed E-state index contributed by atoms with van der Waals surface area (Å²) in [5, 5.41) is 26.5. The van der Waals surface area contributed by atoms with E-state index in [-0.39, 0.29) is 41.9 Å². The van der Waals surface area contributed by atoms with Crippen LogP contribution in [0.15, 0.2) is 109 Å². The molecule has 2 amide bonds. The smallest absolute Gasteiger partial charge is 0.261 e. The number of anilines is 2. The number of benzene rings is 4. The minimum Gasteiger partial charge on any atom is -0.497 e. The molecule has 7 rings (SSSR count). The Hall–Kier alpha value is -5.10. The number of amides is 2. The largest absolute Gasteiger partial charge is 0.497 e. The SMILES string of the molecule is COc1ccc([Si](C)(C)[C@@H]2[C@@H](CCn3cc(C(CO)c4ccccc4)nn3)O[C@]3(C(=O)Nc4ccc(NC(=O)c5ccccc5)cc43)[C@H]2C)cc1. The molecule has 10 nitrogen and oxygen atoms in total. The van der Waals surface area contributed by atoms with Crippen molar-refractivity contribution in [2.75, 3.05) is 24.4 Å². The molecule has 262 valence electrons. The third-order valence-electron chi connectivity index (χ3n) is 10.8. The summed E-state index contributed by atoms with van der Waals surface area (Å²) >= 11 is 0. The number of nitrogens with one attached hydrogen (secondary N) is 2. The van der Waals surface area contributed by atoms with Crippen LogP contribution in [0.1, 0.15) is 46.4 Å². The Morgan fingerprint density at radius 1 is 1.04 bits per heavy atom. The number of aryl methyl sites for hydroxylation is 1. The number of aromatic nitrogens is 3. The molecule has 3 heterocycles. The van der Waals surface area contributed by atoms with Gasteiger partial charge < -0.3 is 25.2 Å². The van der Waals surface area contributed by atoms with Crippen LogP contribution in [0, 0.1) is 5.92 Å². The maximum Gasteiger partial charge on any atom is 0.261 e. The van der Waals surface area contributed by atoms with Crippen molar-refractivity contribution in [1.82, 2.24) is 15.0 Å². The first-order valence-electron chi connectivity index (χ1n) is 17.4. The number of carbonyl (C=O) groups is 2. The van der Waals surface area contributed by atoms with E-state index in [4.69, 9.17) is 9.47 Å². The Bertz CT molecular complexity index is 2020. The molecule has 5 aromatic rings. The molecular formula is C40H43N5O5Si. The van der Waals surface area contributed by atoms with Crippen LogP contribution in [0.5, 0.6) is 5.75 Å². The number of aliphatic hydroxyl groups excluding tert-OH is 1. The lowest BCUT2D eigenvalue weighted by atomic mass is 9.82. The molecule has 1 fully saturated rings. The van der Waals surface area contributed by atoms with Gasteiger partial charge in [-0.3, -0.25) is 14.3 Å². The number of hydrogen-bond acceptors (Lipinski definition) is 7. The third kappa shape index (κ3) is 6.26. The quantitative estimate of drug-likeness (QED) is 0.146. The summed E-state index contributed by atoms with van der Waals surface area (Å²) in [6.07, 6.45) is 2.19. The standard InChI is InChI=1S/C40H43N5O5Si/c1-26-37(51(3,4)31-18-16-30(49-2)17-19-31)36(21-22-45-24-35(43-44-45)32(25-46)27-11-7-5-8-12-27)50-40(26)33-23-29(15-20-34(33)42-39(40)48)41-38(47)28-13-9-6-10-14-28/h5-20,23-24,26,32,36-37,46H,21-22,25H2,1-4H3,(H,41,47)(H,42,48)/t26-,32?,36+,37-,40+/m0/s1. The normalized spacial score (nSPS) is 21.7. The van der Waals surface area contributed by atoms with Gasteiger partial charge in [0.25, 0.3) is 11.8 Å². The van der Waals surface area contributed by atoms with Gasteiger partial charge in [0, 0.05) is 41.2 Å². The molecule has 3 N–H and O–H groups in total. The minimum atomic E-state index is -2.35. The zero-order valence-corrected chi connectivity index (χ0v) is 30.2. The molecule has 5 atom stereocenters. The predicted molar refractivity (Wildman–Crippen MR) is 199 cm³/mol. The van der Waals surface area contributed by atoms with E-state index in [1.54, 1.807) is 30.0 Å². The molecule has 0 saturated carbocycles. The van der Waals surface area contributed by atoms with Gasteiger partial charge in [0.15, 0.2) is 5.60 Å². The van der Waals surface area contributed by atoms with Gasteiger partial charge in [-0.25, -0.2) is 0 Å². The van der Waals surface area contributed by atoms with E-state index in [0.717, 1.165) is 16.9 Å². The number of carbonyl (C=O) groups excluding carboxylic acids is 2. The zero-order chi connectivity index (χ0) is 35.8. The van der Waals surface area contributed by atoms with Gasteiger partial charge in [0.1, 0.15) is 5.75 Å². The van der Waals surface area contributed by atoms with E-state index >= 15 is 0 Å². The van der Waals surface area contributed by atoms with Crippen LogP contribution in [-0.2, 0) is 21.7 Å². The third-order valence-corrected chi connectivity index (χ3v) is 15.2. The number of hydrogen-bond donors (Lipinski definition) is 3. The second kappa shape index (κ2) is 13.9. The Morgan fingerprint density at radius 2 is 1.75 bits per heavy atom. The van der Waals surface area contributed by atoms with Crippen LogP contribution >= 0.6 is 0 Å².